The topological polar surface area (TPSA) is 94.2 Å². The van der Waals surface area contributed by atoms with Gasteiger partial charge < -0.3 is 14.2 Å². The lowest BCUT2D eigenvalue weighted by Crippen LogP contribution is -2.34. The Hall–Kier alpha value is -2.78. The van der Waals surface area contributed by atoms with E-state index in [4.69, 9.17) is 14.2 Å². The zero-order chi connectivity index (χ0) is 19.0. The lowest BCUT2D eigenvalue weighted by atomic mass is 10.2. The third kappa shape index (κ3) is 3.56. The average molecular weight is 390 g/mol. The van der Waals surface area contributed by atoms with Crippen LogP contribution in [-0.4, -0.2) is 40.5 Å². The van der Waals surface area contributed by atoms with Gasteiger partial charge in [-0.2, -0.15) is 0 Å². The van der Waals surface area contributed by atoms with Crippen LogP contribution in [0.3, 0.4) is 0 Å². The molecular formula is C18H18N2O6S. The van der Waals surface area contributed by atoms with Gasteiger partial charge in [-0.15, -0.1) is 0 Å². The Morgan fingerprint density at radius 3 is 2.63 bits per heavy atom. The second-order valence-electron chi connectivity index (χ2n) is 6.32. The molecule has 1 N–H and O–H groups in total. The number of aryl methyl sites for hydroxylation is 1. The van der Waals surface area contributed by atoms with Crippen LogP contribution in [-0.2, 0) is 14.8 Å². The summed E-state index contributed by atoms with van der Waals surface area (Å²) in [6.45, 7) is 2.25. The number of amides is 1. The maximum absolute atomic E-state index is 12.4. The van der Waals surface area contributed by atoms with Crippen molar-refractivity contribution in [3.8, 4) is 11.5 Å². The molecule has 2 aliphatic heterocycles. The van der Waals surface area contributed by atoms with Gasteiger partial charge in [0.2, 0.25) is 16.8 Å². The van der Waals surface area contributed by atoms with Gasteiger partial charge in [0.05, 0.1) is 17.1 Å². The summed E-state index contributed by atoms with van der Waals surface area (Å²) in [6.07, 6.45) is -1.13. The summed E-state index contributed by atoms with van der Waals surface area (Å²) in [5.41, 5.74) is 1.58. The monoisotopic (exact) mass is 390 g/mol. The van der Waals surface area contributed by atoms with Crippen molar-refractivity contribution < 1.29 is 27.4 Å². The van der Waals surface area contributed by atoms with Crippen LogP contribution in [0.15, 0.2) is 47.4 Å². The standard InChI is InChI=1S/C18H18N2O6S/c1-12-2-5-15(6-3-12)27(22,23)19-9-14-10-20(18(21)26-14)13-4-7-16-17(8-13)25-11-24-16/h2-8,14,19H,9-11H2,1H3. The van der Waals surface area contributed by atoms with Crippen LogP contribution in [0.1, 0.15) is 5.56 Å². The zero-order valence-electron chi connectivity index (χ0n) is 14.5. The minimum absolute atomic E-state index is 0.0109. The van der Waals surface area contributed by atoms with E-state index in [0.717, 1.165) is 5.56 Å². The fourth-order valence-corrected chi connectivity index (χ4v) is 3.96. The molecule has 4 rings (SSSR count). The van der Waals surface area contributed by atoms with Crippen LogP contribution in [0, 0.1) is 6.92 Å². The largest absolute Gasteiger partial charge is 0.454 e. The molecule has 1 saturated heterocycles. The number of rotatable bonds is 5. The van der Waals surface area contributed by atoms with Gasteiger partial charge >= 0.3 is 6.09 Å². The van der Waals surface area contributed by atoms with Crippen molar-refractivity contribution in [3.63, 3.8) is 0 Å². The molecular weight excluding hydrogens is 372 g/mol. The number of cyclic esters (lactones) is 1. The van der Waals surface area contributed by atoms with E-state index in [9.17, 15) is 13.2 Å². The molecule has 1 fully saturated rings. The molecule has 0 aromatic heterocycles. The number of benzene rings is 2. The van der Waals surface area contributed by atoms with Gasteiger partial charge in [0.15, 0.2) is 11.5 Å². The first-order valence-electron chi connectivity index (χ1n) is 8.36. The van der Waals surface area contributed by atoms with Crippen LogP contribution in [0.2, 0.25) is 0 Å². The van der Waals surface area contributed by atoms with Crippen LogP contribution >= 0.6 is 0 Å². The van der Waals surface area contributed by atoms with Crippen LogP contribution < -0.4 is 19.1 Å². The molecule has 1 amide bonds. The number of carbonyl (C=O) groups excluding carboxylic acids is 1. The number of nitrogens with zero attached hydrogens (tertiary/aromatic N) is 1. The zero-order valence-corrected chi connectivity index (χ0v) is 15.4. The molecule has 2 heterocycles. The highest BCUT2D eigenvalue weighted by atomic mass is 32.2. The average Bonchev–Trinajstić information content (AvgIpc) is 3.26. The number of ether oxygens (including phenoxy) is 3. The molecule has 2 aromatic rings. The number of carbonyl (C=O) groups is 1. The molecule has 0 radical (unpaired) electrons. The van der Waals surface area contributed by atoms with E-state index < -0.39 is 22.2 Å². The van der Waals surface area contributed by atoms with Gasteiger partial charge in [-0.25, -0.2) is 17.9 Å². The van der Waals surface area contributed by atoms with Gasteiger partial charge in [0.1, 0.15) is 6.10 Å². The van der Waals surface area contributed by atoms with Crippen molar-refractivity contribution in [3.05, 3.63) is 48.0 Å². The van der Waals surface area contributed by atoms with Gasteiger partial charge in [-0.1, -0.05) is 17.7 Å². The molecule has 2 aromatic carbocycles. The summed E-state index contributed by atoms with van der Waals surface area (Å²) < 4.78 is 43.1. The van der Waals surface area contributed by atoms with Crippen LogP contribution in [0.4, 0.5) is 10.5 Å². The first-order valence-corrected chi connectivity index (χ1v) is 9.85. The van der Waals surface area contributed by atoms with Crippen molar-refractivity contribution in [2.45, 2.75) is 17.9 Å². The van der Waals surface area contributed by atoms with E-state index in [1.54, 1.807) is 30.3 Å². The number of sulfonamides is 1. The molecule has 1 atom stereocenters. The number of hydrogen-bond acceptors (Lipinski definition) is 6. The first kappa shape index (κ1) is 17.6. The van der Waals surface area contributed by atoms with Crippen molar-refractivity contribution in [2.75, 3.05) is 24.8 Å². The third-order valence-electron chi connectivity index (χ3n) is 4.37. The minimum atomic E-state index is -3.67. The highest BCUT2D eigenvalue weighted by molar-refractivity contribution is 7.89. The Balaban J connectivity index is 1.41. The molecule has 27 heavy (non-hydrogen) atoms. The summed E-state index contributed by atoms with van der Waals surface area (Å²) in [7, 11) is -3.67. The second kappa shape index (κ2) is 6.75. The number of anilines is 1. The Kier molecular flexibility index (Phi) is 4.40. The minimum Gasteiger partial charge on any atom is -0.454 e. The van der Waals surface area contributed by atoms with Crippen molar-refractivity contribution in [1.82, 2.24) is 4.72 Å². The maximum atomic E-state index is 12.4. The second-order valence-corrected chi connectivity index (χ2v) is 8.09. The molecule has 0 saturated carbocycles. The molecule has 0 aliphatic carbocycles. The van der Waals surface area contributed by atoms with Gasteiger partial charge in [0.25, 0.3) is 0 Å². The van der Waals surface area contributed by atoms with Gasteiger partial charge in [-0.3, -0.25) is 4.90 Å². The summed E-state index contributed by atoms with van der Waals surface area (Å²) in [6, 6.07) is 11.7. The highest BCUT2D eigenvalue weighted by Gasteiger charge is 2.34. The van der Waals surface area contributed by atoms with E-state index in [-0.39, 0.29) is 24.8 Å². The highest BCUT2D eigenvalue weighted by Crippen LogP contribution is 2.36. The first-order chi connectivity index (χ1) is 12.9. The lowest BCUT2D eigenvalue weighted by molar-refractivity contribution is 0.143. The molecule has 2 aliphatic rings. The Bertz CT molecular complexity index is 974. The lowest BCUT2D eigenvalue weighted by Gasteiger charge is -2.13. The number of fused-ring (bicyclic) bond motifs is 1. The maximum Gasteiger partial charge on any atom is 0.414 e. The summed E-state index contributed by atoms with van der Waals surface area (Å²) in [4.78, 5) is 13.8. The van der Waals surface area contributed by atoms with E-state index in [2.05, 4.69) is 4.72 Å². The van der Waals surface area contributed by atoms with Crippen molar-refractivity contribution in [1.29, 1.82) is 0 Å². The Labute approximate surface area is 156 Å². The van der Waals surface area contributed by atoms with Gasteiger partial charge in [-0.05, 0) is 31.2 Å². The molecule has 142 valence electrons. The summed E-state index contributed by atoms with van der Waals surface area (Å²) >= 11 is 0. The van der Waals surface area contributed by atoms with E-state index in [1.165, 1.54) is 17.0 Å². The molecule has 9 heteroatoms. The predicted molar refractivity (Wildman–Crippen MR) is 96.5 cm³/mol. The quantitative estimate of drug-likeness (QED) is 0.840. The molecule has 0 spiro atoms. The fourth-order valence-electron chi connectivity index (χ4n) is 2.90. The SMILES string of the molecule is Cc1ccc(S(=O)(=O)NCC2CN(c3ccc4c(c3)OCO4)C(=O)O2)cc1. The van der Waals surface area contributed by atoms with E-state index >= 15 is 0 Å². The van der Waals surface area contributed by atoms with E-state index in [0.29, 0.717) is 17.2 Å². The van der Waals surface area contributed by atoms with E-state index in [1.807, 2.05) is 6.92 Å². The Morgan fingerprint density at radius 1 is 1.11 bits per heavy atom. The normalized spacial score (nSPS) is 18.6. The molecule has 0 bridgehead atoms. The number of nitrogens with one attached hydrogen (secondary N) is 1. The van der Waals surface area contributed by atoms with Gasteiger partial charge in [0, 0.05) is 12.6 Å². The fraction of sp³-hybridized carbons (Fsp3) is 0.278. The summed E-state index contributed by atoms with van der Waals surface area (Å²) in [5.74, 6) is 1.18. The summed E-state index contributed by atoms with van der Waals surface area (Å²) in [5, 5.41) is 0. The number of hydrogen-bond donors (Lipinski definition) is 1. The van der Waals surface area contributed by atoms with Crippen molar-refractivity contribution >= 4 is 21.8 Å². The molecule has 8 nitrogen and oxygen atoms in total. The third-order valence-corrected chi connectivity index (χ3v) is 5.81. The van der Waals surface area contributed by atoms with Crippen LogP contribution in [0.25, 0.3) is 0 Å². The smallest absolute Gasteiger partial charge is 0.414 e. The Morgan fingerprint density at radius 2 is 1.85 bits per heavy atom. The van der Waals surface area contributed by atoms with Crippen molar-refractivity contribution in [2.24, 2.45) is 0 Å². The predicted octanol–water partition coefficient (Wildman–Crippen LogP) is 2.03. The molecule has 1 unspecified atom stereocenters. The van der Waals surface area contributed by atoms with Crippen LogP contribution in [0.5, 0.6) is 11.5 Å².